The number of hydrogen-bond donors (Lipinski definition) is 4. The first kappa shape index (κ1) is 19.6. The summed E-state index contributed by atoms with van der Waals surface area (Å²) < 4.78 is 1.75. The Morgan fingerprint density at radius 1 is 1.27 bits per heavy atom. The lowest BCUT2D eigenvalue weighted by Crippen LogP contribution is -2.37. The molecule has 1 fully saturated rings. The lowest BCUT2D eigenvalue weighted by Gasteiger charge is -2.20. The van der Waals surface area contributed by atoms with Crippen LogP contribution >= 0.6 is 11.6 Å². The number of anilines is 1. The molecular formula is C19H19ClN8O2. The molecule has 0 aliphatic carbocycles. The highest BCUT2D eigenvalue weighted by Gasteiger charge is 2.28. The molecule has 1 atom stereocenters. The summed E-state index contributed by atoms with van der Waals surface area (Å²) in [5.74, 6) is -0.457. The van der Waals surface area contributed by atoms with Gasteiger partial charge in [-0.1, -0.05) is 11.6 Å². The summed E-state index contributed by atoms with van der Waals surface area (Å²) in [5.41, 5.74) is 6.96. The van der Waals surface area contributed by atoms with Gasteiger partial charge >= 0.3 is 0 Å². The zero-order chi connectivity index (χ0) is 21.3. The van der Waals surface area contributed by atoms with Crippen LogP contribution in [0.15, 0.2) is 43.1 Å². The molecule has 5 N–H and O–H groups in total. The fourth-order valence-electron chi connectivity index (χ4n) is 3.41. The van der Waals surface area contributed by atoms with Gasteiger partial charge in [0.15, 0.2) is 11.6 Å². The Morgan fingerprint density at radius 3 is 2.63 bits per heavy atom. The van der Waals surface area contributed by atoms with Crippen molar-refractivity contribution >= 4 is 29.2 Å². The fourth-order valence-corrected chi connectivity index (χ4v) is 3.65. The maximum absolute atomic E-state index is 12.6. The number of pyridine rings is 1. The normalized spacial score (nSPS) is 15.9. The van der Waals surface area contributed by atoms with Gasteiger partial charge in [-0.05, 0) is 30.7 Å². The predicted octanol–water partition coefficient (Wildman–Crippen LogP) is 1.31. The van der Waals surface area contributed by atoms with Crippen molar-refractivity contribution in [1.82, 2.24) is 25.1 Å². The van der Waals surface area contributed by atoms with Crippen molar-refractivity contribution in [2.45, 2.75) is 12.5 Å². The van der Waals surface area contributed by atoms with E-state index in [0.717, 1.165) is 5.69 Å². The molecule has 0 bridgehead atoms. The molecule has 3 heterocycles. The van der Waals surface area contributed by atoms with Crippen molar-refractivity contribution in [2.75, 3.05) is 18.0 Å². The molecule has 1 saturated heterocycles. The van der Waals surface area contributed by atoms with E-state index in [-0.39, 0.29) is 34.1 Å². The standard InChI is InChI=1S/C19H19ClN8O2/c20-14-7-23-18(16(29)15(14)17(21)22)27-6-5-12(8-27)26-19(30)11-1-3-13(4-2-11)28-9-24-25-10-28/h1-4,7,9-10,12,29H,5-6,8H2,(H3,21,22)(H,26,30)/t12-/m1/s1. The summed E-state index contributed by atoms with van der Waals surface area (Å²) in [7, 11) is 0. The van der Waals surface area contributed by atoms with E-state index in [1.807, 2.05) is 17.0 Å². The Bertz CT molecular complexity index is 1080. The Kier molecular flexibility index (Phi) is 5.23. The van der Waals surface area contributed by atoms with Crippen molar-refractivity contribution in [2.24, 2.45) is 5.73 Å². The molecule has 1 aromatic carbocycles. The summed E-state index contributed by atoms with van der Waals surface area (Å²) in [5, 5.41) is 28.7. The zero-order valence-corrected chi connectivity index (χ0v) is 16.5. The average Bonchev–Trinajstić information content (AvgIpc) is 3.40. The van der Waals surface area contributed by atoms with E-state index < -0.39 is 0 Å². The minimum Gasteiger partial charge on any atom is -0.504 e. The van der Waals surface area contributed by atoms with Gasteiger partial charge in [-0.25, -0.2) is 4.98 Å². The van der Waals surface area contributed by atoms with E-state index >= 15 is 0 Å². The maximum atomic E-state index is 12.6. The minimum atomic E-state index is -0.333. The smallest absolute Gasteiger partial charge is 0.251 e. The molecule has 1 amide bonds. The van der Waals surface area contributed by atoms with Crippen LogP contribution in [0.2, 0.25) is 5.02 Å². The topological polar surface area (TPSA) is 146 Å². The minimum absolute atomic E-state index is 0.0577. The second-order valence-electron chi connectivity index (χ2n) is 6.89. The molecule has 1 aliphatic heterocycles. The van der Waals surface area contributed by atoms with E-state index in [0.29, 0.717) is 30.9 Å². The SMILES string of the molecule is N=C(N)c1c(Cl)cnc(N2CC[C@@H](NC(=O)c3ccc(-n4cnnc4)cc3)C2)c1O. The van der Waals surface area contributed by atoms with E-state index in [1.54, 1.807) is 29.4 Å². The van der Waals surface area contributed by atoms with Crippen LogP contribution in [0.3, 0.4) is 0 Å². The monoisotopic (exact) mass is 426 g/mol. The third-order valence-corrected chi connectivity index (χ3v) is 5.21. The molecule has 0 spiro atoms. The molecule has 0 unspecified atom stereocenters. The lowest BCUT2D eigenvalue weighted by atomic mass is 10.1. The predicted molar refractivity (Wildman–Crippen MR) is 111 cm³/mol. The third-order valence-electron chi connectivity index (χ3n) is 4.93. The quantitative estimate of drug-likeness (QED) is 0.355. The van der Waals surface area contributed by atoms with Crippen LogP contribution in [-0.4, -0.2) is 55.7 Å². The summed E-state index contributed by atoms with van der Waals surface area (Å²) in [4.78, 5) is 18.6. The van der Waals surface area contributed by atoms with Gasteiger partial charge in [-0.15, -0.1) is 10.2 Å². The first-order valence-corrected chi connectivity index (χ1v) is 9.54. The summed E-state index contributed by atoms with van der Waals surface area (Å²) in [6.07, 6.45) is 5.21. The van der Waals surface area contributed by atoms with Gasteiger partial charge in [-0.2, -0.15) is 0 Å². The van der Waals surface area contributed by atoms with Gasteiger partial charge in [0.05, 0.1) is 10.6 Å². The number of nitrogens with two attached hydrogens (primary N) is 1. The highest BCUT2D eigenvalue weighted by molar-refractivity contribution is 6.34. The van der Waals surface area contributed by atoms with Crippen LogP contribution in [0.1, 0.15) is 22.3 Å². The van der Waals surface area contributed by atoms with Crippen molar-refractivity contribution in [1.29, 1.82) is 5.41 Å². The second kappa shape index (κ2) is 7.99. The number of hydrogen-bond acceptors (Lipinski definition) is 7. The van der Waals surface area contributed by atoms with Crippen molar-refractivity contribution in [3.8, 4) is 11.4 Å². The number of benzene rings is 1. The Morgan fingerprint density at radius 2 is 1.97 bits per heavy atom. The number of nitrogens with one attached hydrogen (secondary N) is 2. The van der Waals surface area contributed by atoms with Crippen LogP contribution in [-0.2, 0) is 0 Å². The molecular weight excluding hydrogens is 408 g/mol. The molecule has 11 heteroatoms. The van der Waals surface area contributed by atoms with E-state index in [1.165, 1.54) is 6.20 Å². The first-order chi connectivity index (χ1) is 14.4. The number of amides is 1. The third kappa shape index (κ3) is 3.77. The Hall–Kier alpha value is -3.66. The van der Waals surface area contributed by atoms with Crippen LogP contribution in [0.25, 0.3) is 5.69 Å². The van der Waals surface area contributed by atoms with Gasteiger partial charge in [0.1, 0.15) is 18.5 Å². The first-order valence-electron chi connectivity index (χ1n) is 9.16. The Balaban J connectivity index is 1.42. The highest BCUT2D eigenvalue weighted by atomic mass is 35.5. The number of carbonyl (C=O) groups is 1. The van der Waals surface area contributed by atoms with Gasteiger partial charge in [0, 0.05) is 36.6 Å². The summed E-state index contributed by atoms with van der Waals surface area (Å²) in [6, 6.07) is 7.00. The number of nitrogen functional groups attached to an aromatic ring is 1. The highest BCUT2D eigenvalue weighted by Crippen LogP contribution is 2.34. The van der Waals surface area contributed by atoms with Gasteiger partial charge in [0.25, 0.3) is 5.91 Å². The van der Waals surface area contributed by atoms with Crippen LogP contribution < -0.4 is 16.0 Å². The molecule has 0 radical (unpaired) electrons. The van der Waals surface area contributed by atoms with Gasteiger partial charge < -0.3 is 21.1 Å². The van der Waals surface area contributed by atoms with E-state index in [2.05, 4.69) is 20.5 Å². The van der Waals surface area contributed by atoms with Crippen LogP contribution in [0.5, 0.6) is 5.75 Å². The zero-order valence-electron chi connectivity index (χ0n) is 15.8. The molecule has 3 aromatic rings. The number of halogens is 1. The lowest BCUT2D eigenvalue weighted by molar-refractivity contribution is 0.0940. The number of aromatic hydroxyl groups is 1. The molecule has 2 aromatic heterocycles. The van der Waals surface area contributed by atoms with E-state index in [4.69, 9.17) is 22.7 Å². The number of aromatic nitrogens is 4. The van der Waals surface area contributed by atoms with Crippen molar-refractivity contribution in [3.05, 3.63) is 59.3 Å². The summed E-state index contributed by atoms with van der Waals surface area (Å²) in [6.45, 7) is 1.04. The molecule has 0 saturated carbocycles. The van der Waals surface area contributed by atoms with Crippen molar-refractivity contribution in [3.63, 3.8) is 0 Å². The largest absolute Gasteiger partial charge is 0.504 e. The molecule has 10 nitrogen and oxygen atoms in total. The maximum Gasteiger partial charge on any atom is 0.251 e. The van der Waals surface area contributed by atoms with Crippen LogP contribution in [0, 0.1) is 5.41 Å². The van der Waals surface area contributed by atoms with Crippen molar-refractivity contribution < 1.29 is 9.90 Å². The second-order valence-corrected chi connectivity index (χ2v) is 7.30. The molecule has 1 aliphatic rings. The molecule has 30 heavy (non-hydrogen) atoms. The van der Waals surface area contributed by atoms with Gasteiger partial charge in [0.2, 0.25) is 0 Å². The number of rotatable bonds is 5. The van der Waals surface area contributed by atoms with Gasteiger partial charge in [-0.3, -0.25) is 14.8 Å². The fraction of sp³-hybridized carbons (Fsp3) is 0.211. The summed E-state index contributed by atoms with van der Waals surface area (Å²) >= 11 is 5.98. The number of carbonyl (C=O) groups excluding carboxylic acids is 1. The Labute approximate surface area is 176 Å². The molecule has 4 rings (SSSR count). The van der Waals surface area contributed by atoms with Crippen LogP contribution in [0.4, 0.5) is 5.82 Å². The van der Waals surface area contributed by atoms with E-state index in [9.17, 15) is 9.90 Å². The number of amidine groups is 1. The number of nitrogens with zero attached hydrogens (tertiary/aromatic N) is 5. The average molecular weight is 427 g/mol. The molecule has 154 valence electrons.